The fourth-order valence-electron chi connectivity index (χ4n) is 2.41. The molecule has 2 aliphatic carbocycles. The summed E-state index contributed by atoms with van der Waals surface area (Å²) in [4.78, 5) is 0. The van der Waals surface area contributed by atoms with Crippen molar-refractivity contribution in [3.05, 3.63) is 29.3 Å². The van der Waals surface area contributed by atoms with Gasteiger partial charge in [0, 0.05) is 11.5 Å². The summed E-state index contributed by atoms with van der Waals surface area (Å²) in [5, 5.41) is 0. The minimum atomic E-state index is 0.124. The summed E-state index contributed by atoms with van der Waals surface area (Å²) < 4.78 is 5.22. The first kappa shape index (κ1) is 8.30. The van der Waals surface area contributed by atoms with E-state index in [1.54, 1.807) is 7.11 Å². The second kappa shape index (κ2) is 2.51. The number of hydrogen-bond acceptors (Lipinski definition) is 2. The van der Waals surface area contributed by atoms with Crippen LogP contribution in [0.2, 0.25) is 0 Å². The molecule has 1 fully saturated rings. The quantitative estimate of drug-likeness (QED) is 0.770. The Morgan fingerprint density at radius 3 is 2.86 bits per heavy atom. The van der Waals surface area contributed by atoms with Crippen molar-refractivity contribution in [3.8, 4) is 5.75 Å². The van der Waals surface area contributed by atoms with E-state index in [0.29, 0.717) is 5.92 Å². The molecule has 2 aliphatic rings. The lowest BCUT2D eigenvalue weighted by Gasteiger charge is -2.35. The summed E-state index contributed by atoms with van der Waals surface area (Å²) in [6.07, 6.45) is 3.54. The van der Waals surface area contributed by atoms with Crippen LogP contribution in [0.4, 0.5) is 0 Å². The Morgan fingerprint density at radius 2 is 2.21 bits per heavy atom. The Morgan fingerprint density at radius 1 is 1.43 bits per heavy atom. The predicted octanol–water partition coefficient (Wildman–Crippen LogP) is 1.83. The molecule has 2 nitrogen and oxygen atoms in total. The predicted molar refractivity (Wildman–Crippen MR) is 55.6 cm³/mol. The first-order valence-electron chi connectivity index (χ1n) is 5.19. The minimum Gasteiger partial charge on any atom is -0.497 e. The van der Waals surface area contributed by atoms with Gasteiger partial charge in [-0.05, 0) is 42.5 Å². The molecule has 0 aliphatic heterocycles. The van der Waals surface area contributed by atoms with Gasteiger partial charge in [0.2, 0.25) is 0 Å². The van der Waals surface area contributed by atoms with Gasteiger partial charge in [-0.3, -0.25) is 0 Å². The molecule has 0 bridgehead atoms. The van der Waals surface area contributed by atoms with Crippen LogP contribution in [0.3, 0.4) is 0 Å². The highest BCUT2D eigenvalue weighted by atomic mass is 16.5. The van der Waals surface area contributed by atoms with Crippen molar-refractivity contribution in [1.29, 1.82) is 0 Å². The van der Waals surface area contributed by atoms with Gasteiger partial charge in [0.05, 0.1) is 7.11 Å². The van der Waals surface area contributed by atoms with Gasteiger partial charge in [-0.25, -0.2) is 0 Å². The largest absolute Gasteiger partial charge is 0.497 e. The smallest absolute Gasteiger partial charge is 0.119 e. The highest BCUT2D eigenvalue weighted by Gasteiger charge is 2.50. The Hall–Kier alpha value is -1.02. The number of fused-ring (bicyclic) bond motifs is 1. The molecule has 1 aromatic rings. The van der Waals surface area contributed by atoms with Crippen molar-refractivity contribution in [1.82, 2.24) is 0 Å². The Kier molecular flexibility index (Phi) is 1.49. The van der Waals surface area contributed by atoms with Gasteiger partial charge in [-0.2, -0.15) is 0 Å². The maximum absolute atomic E-state index is 6.22. The maximum Gasteiger partial charge on any atom is 0.119 e. The second-order valence-electron chi connectivity index (χ2n) is 4.55. The zero-order valence-corrected chi connectivity index (χ0v) is 8.42. The van der Waals surface area contributed by atoms with Gasteiger partial charge < -0.3 is 10.5 Å². The molecule has 0 radical (unpaired) electrons. The van der Waals surface area contributed by atoms with E-state index in [0.717, 1.165) is 12.2 Å². The SMILES string of the molecule is COc1ccc2c(c1)C(C1(N)CC1)C2. The molecule has 3 rings (SSSR count). The van der Waals surface area contributed by atoms with E-state index in [1.807, 2.05) is 6.07 Å². The molecule has 2 heteroatoms. The average molecular weight is 189 g/mol. The number of nitrogens with two attached hydrogens (primary N) is 1. The maximum atomic E-state index is 6.22. The highest BCUT2D eigenvalue weighted by molar-refractivity contribution is 5.48. The first-order valence-corrected chi connectivity index (χ1v) is 5.19. The number of hydrogen-bond donors (Lipinski definition) is 1. The van der Waals surface area contributed by atoms with Crippen LogP contribution in [-0.2, 0) is 6.42 Å². The lowest BCUT2D eigenvalue weighted by molar-refractivity contribution is 0.408. The van der Waals surface area contributed by atoms with Gasteiger partial charge in [0.25, 0.3) is 0 Å². The standard InChI is InChI=1S/C12H15NO/c1-14-9-3-2-8-6-11(10(8)7-9)12(13)4-5-12/h2-3,7,11H,4-6,13H2,1H3. The van der Waals surface area contributed by atoms with Crippen LogP contribution >= 0.6 is 0 Å². The third-order valence-electron chi connectivity index (χ3n) is 3.67. The summed E-state index contributed by atoms with van der Waals surface area (Å²) >= 11 is 0. The van der Waals surface area contributed by atoms with Crippen molar-refractivity contribution >= 4 is 0 Å². The van der Waals surface area contributed by atoms with Gasteiger partial charge in [-0.15, -0.1) is 0 Å². The van der Waals surface area contributed by atoms with E-state index in [-0.39, 0.29) is 5.54 Å². The van der Waals surface area contributed by atoms with Crippen molar-refractivity contribution < 1.29 is 4.74 Å². The lowest BCUT2D eigenvalue weighted by Crippen LogP contribution is -2.37. The van der Waals surface area contributed by atoms with E-state index in [9.17, 15) is 0 Å². The van der Waals surface area contributed by atoms with Crippen LogP contribution < -0.4 is 10.5 Å². The number of benzene rings is 1. The molecule has 0 spiro atoms. The first-order chi connectivity index (χ1) is 6.73. The van der Waals surface area contributed by atoms with E-state index < -0.39 is 0 Å². The molecule has 2 N–H and O–H groups in total. The van der Waals surface area contributed by atoms with Crippen molar-refractivity contribution in [3.63, 3.8) is 0 Å². The summed E-state index contributed by atoms with van der Waals surface area (Å²) in [7, 11) is 1.71. The molecule has 1 aromatic carbocycles. The normalized spacial score (nSPS) is 26.3. The zero-order chi connectivity index (χ0) is 9.76. The fourth-order valence-corrected chi connectivity index (χ4v) is 2.41. The van der Waals surface area contributed by atoms with Gasteiger partial charge in [0.15, 0.2) is 0 Å². The number of rotatable bonds is 2. The van der Waals surface area contributed by atoms with Crippen molar-refractivity contribution in [2.75, 3.05) is 7.11 Å². The fraction of sp³-hybridized carbons (Fsp3) is 0.500. The van der Waals surface area contributed by atoms with E-state index >= 15 is 0 Å². The van der Waals surface area contributed by atoms with Crippen LogP contribution in [-0.4, -0.2) is 12.6 Å². The van der Waals surface area contributed by atoms with E-state index in [2.05, 4.69) is 12.1 Å². The van der Waals surface area contributed by atoms with Crippen LogP contribution in [0.5, 0.6) is 5.75 Å². The summed E-state index contributed by atoms with van der Waals surface area (Å²) in [6.45, 7) is 0. The molecule has 0 amide bonds. The zero-order valence-electron chi connectivity index (χ0n) is 8.42. The molecule has 74 valence electrons. The van der Waals surface area contributed by atoms with Gasteiger partial charge >= 0.3 is 0 Å². The Bertz CT molecular complexity index is 382. The molecule has 14 heavy (non-hydrogen) atoms. The van der Waals surface area contributed by atoms with Gasteiger partial charge in [-0.1, -0.05) is 6.07 Å². The van der Waals surface area contributed by atoms with Crippen LogP contribution in [0.1, 0.15) is 29.9 Å². The molecule has 0 heterocycles. The summed E-state index contributed by atoms with van der Waals surface area (Å²) in [5.41, 5.74) is 9.21. The molecule has 1 saturated carbocycles. The second-order valence-corrected chi connectivity index (χ2v) is 4.55. The van der Waals surface area contributed by atoms with Crippen LogP contribution in [0.15, 0.2) is 18.2 Å². The van der Waals surface area contributed by atoms with Crippen molar-refractivity contribution in [2.45, 2.75) is 30.7 Å². The summed E-state index contributed by atoms with van der Waals surface area (Å²) in [5.74, 6) is 1.55. The Labute approximate surface area is 84.1 Å². The van der Waals surface area contributed by atoms with Gasteiger partial charge in [0.1, 0.15) is 5.75 Å². The van der Waals surface area contributed by atoms with Crippen LogP contribution in [0.25, 0.3) is 0 Å². The molecule has 1 atom stereocenters. The monoisotopic (exact) mass is 189 g/mol. The summed E-state index contributed by atoms with van der Waals surface area (Å²) in [6, 6.07) is 6.35. The third kappa shape index (κ3) is 1.01. The van der Waals surface area contributed by atoms with Crippen LogP contribution in [0, 0.1) is 0 Å². The molecule has 1 unspecified atom stereocenters. The third-order valence-corrected chi connectivity index (χ3v) is 3.67. The molecule has 0 saturated heterocycles. The molecule has 0 aromatic heterocycles. The molecular weight excluding hydrogens is 174 g/mol. The van der Waals surface area contributed by atoms with E-state index in [4.69, 9.17) is 10.5 Å². The molecular formula is C12H15NO. The average Bonchev–Trinajstić information content (AvgIpc) is 2.87. The number of ether oxygens (including phenoxy) is 1. The topological polar surface area (TPSA) is 35.2 Å². The lowest BCUT2D eigenvalue weighted by atomic mass is 9.72. The van der Waals surface area contributed by atoms with Crippen molar-refractivity contribution in [2.24, 2.45) is 5.73 Å². The minimum absolute atomic E-state index is 0.124. The Balaban J connectivity index is 1.95. The van der Waals surface area contributed by atoms with E-state index in [1.165, 1.54) is 24.0 Å². The highest BCUT2D eigenvalue weighted by Crippen LogP contribution is 2.53. The number of methoxy groups -OCH3 is 1.